The van der Waals surface area contributed by atoms with E-state index in [1.54, 1.807) is 0 Å². The van der Waals surface area contributed by atoms with Crippen LogP contribution in [-0.4, -0.2) is 32.3 Å². The summed E-state index contributed by atoms with van der Waals surface area (Å²) in [5.41, 5.74) is 0.439. The lowest BCUT2D eigenvalue weighted by Crippen LogP contribution is -2.24. The zero-order chi connectivity index (χ0) is 16.4. The normalized spacial score (nSPS) is 9.55. The Balaban J connectivity index is -0.000000277. The highest BCUT2D eigenvalue weighted by Gasteiger charge is 2.06. The molecule has 0 unspecified atom stereocenters. The van der Waals surface area contributed by atoms with E-state index in [0.717, 1.165) is 25.8 Å². The molecule has 0 saturated heterocycles. The van der Waals surface area contributed by atoms with E-state index in [0.29, 0.717) is 18.1 Å². The second-order valence-corrected chi connectivity index (χ2v) is 5.52. The number of carbonyl (C=O) groups is 2. The van der Waals surface area contributed by atoms with E-state index in [9.17, 15) is 9.59 Å². The minimum atomic E-state index is -0.0226. The van der Waals surface area contributed by atoms with Gasteiger partial charge in [-0.2, -0.15) is 0 Å². The summed E-state index contributed by atoms with van der Waals surface area (Å²) in [5.74, 6) is -0.0226. The third-order valence-corrected chi connectivity index (χ3v) is 2.10. The molecule has 4 nitrogen and oxygen atoms in total. The van der Waals surface area contributed by atoms with Crippen molar-refractivity contribution in [3.63, 3.8) is 0 Å². The van der Waals surface area contributed by atoms with Gasteiger partial charge >= 0.3 is 0 Å². The summed E-state index contributed by atoms with van der Waals surface area (Å²) in [7, 11) is 1.98. The van der Waals surface area contributed by atoms with Crippen molar-refractivity contribution >= 4 is 12.2 Å². The Bertz CT molecular complexity index is 211. The van der Waals surface area contributed by atoms with Crippen LogP contribution in [0.3, 0.4) is 0 Å². The van der Waals surface area contributed by atoms with Gasteiger partial charge in [0.05, 0.1) is 6.54 Å². The van der Waals surface area contributed by atoms with Gasteiger partial charge in [0, 0.05) is 6.42 Å². The van der Waals surface area contributed by atoms with Crippen LogP contribution in [0.2, 0.25) is 0 Å². The Morgan fingerprint density at radius 3 is 2.00 bits per heavy atom. The molecule has 1 amide bonds. The topological polar surface area (TPSA) is 58.2 Å². The lowest BCUT2D eigenvalue weighted by atomic mass is 9.97. The maximum atomic E-state index is 10.8. The Morgan fingerprint density at radius 2 is 1.70 bits per heavy atom. The molecule has 0 aromatic carbocycles. The molecule has 20 heavy (non-hydrogen) atoms. The summed E-state index contributed by atoms with van der Waals surface area (Å²) < 4.78 is 0. The van der Waals surface area contributed by atoms with Crippen LogP contribution in [0.4, 0.5) is 0 Å². The van der Waals surface area contributed by atoms with Crippen LogP contribution in [0.1, 0.15) is 67.2 Å². The molecule has 0 radical (unpaired) electrons. The van der Waals surface area contributed by atoms with E-state index in [1.807, 2.05) is 20.9 Å². The van der Waals surface area contributed by atoms with Gasteiger partial charge in [-0.25, -0.2) is 0 Å². The molecule has 0 fully saturated rings. The van der Waals surface area contributed by atoms with E-state index in [4.69, 9.17) is 0 Å². The molecular weight excluding hydrogens is 252 g/mol. The minimum Gasteiger partial charge on any atom is -0.349 e. The second-order valence-electron chi connectivity index (χ2n) is 5.52. The van der Waals surface area contributed by atoms with Gasteiger partial charge in [-0.3, -0.25) is 4.79 Å². The molecule has 0 aromatic rings. The fourth-order valence-corrected chi connectivity index (χ4v) is 1.31. The highest BCUT2D eigenvalue weighted by molar-refractivity contribution is 5.78. The van der Waals surface area contributed by atoms with Crippen molar-refractivity contribution < 1.29 is 9.59 Å². The van der Waals surface area contributed by atoms with Crippen LogP contribution in [0, 0.1) is 5.41 Å². The second kappa shape index (κ2) is 18.1. The highest BCUT2D eigenvalue weighted by Crippen LogP contribution is 2.09. The SMILES string of the molecule is CC.CCCCCC(=O)NCC=O.CNCC(C)(C)C. The number of hydrogen-bond donors (Lipinski definition) is 2. The van der Waals surface area contributed by atoms with E-state index in [2.05, 4.69) is 38.3 Å². The maximum Gasteiger partial charge on any atom is 0.220 e. The van der Waals surface area contributed by atoms with E-state index in [1.165, 1.54) is 0 Å². The van der Waals surface area contributed by atoms with Crippen molar-refractivity contribution in [1.29, 1.82) is 0 Å². The van der Waals surface area contributed by atoms with Crippen LogP contribution in [0.25, 0.3) is 0 Å². The predicted octanol–water partition coefficient (Wildman–Crippen LogP) is 3.16. The largest absolute Gasteiger partial charge is 0.349 e. The first-order chi connectivity index (χ1) is 9.37. The first-order valence-electron chi connectivity index (χ1n) is 7.72. The standard InChI is InChI=1S/C8H15NO2.C6H15N.C2H6/c1-2-3-4-5-8(11)9-6-7-10;1-6(2,3)5-7-4;1-2/h7H,2-6H2,1H3,(H,9,11);7H,5H2,1-4H3;1-2H3. The number of carbonyl (C=O) groups excluding carboxylic acids is 2. The maximum absolute atomic E-state index is 10.8. The van der Waals surface area contributed by atoms with Crippen LogP contribution < -0.4 is 10.6 Å². The van der Waals surface area contributed by atoms with Gasteiger partial charge in [-0.1, -0.05) is 54.4 Å². The number of aldehydes is 1. The van der Waals surface area contributed by atoms with Crippen molar-refractivity contribution in [2.24, 2.45) is 5.41 Å². The number of nitrogens with one attached hydrogen (secondary N) is 2. The summed E-state index contributed by atoms with van der Waals surface area (Å²) in [6.07, 6.45) is 4.34. The number of hydrogen-bond acceptors (Lipinski definition) is 3. The number of unbranched alkanes of at least 4 members (excludes halogenated alkanes) is 2. The lowest BCUT2D eigenvalue weighted by Gasteiger charge is -2.16. The lowest BCUT2D eigenvalue weighted by molar-refractivity contribution is -0.122. The summed E-state index contributed by atoms with van der Waals surface area (Å²) in [4.78, 5) is 20.6. The van der Waals surface area contributed by atoms with Crippen molar-refractivity contribution in [3.8, 4) is 0 Å². The zero-order valence-electron chi connectivity index (χ0n) is 14.6. The molecule has 0 aromatic heterocycles. The number of rotatable bonds is 7. The van der Waals surface area contributed by atoms with Crippen LogP contribution in [0.5, 0.6) is 0 Å². The van der Waals surface area contributed by atoms with Crippen molar-refractivity contribution in [3.05, 3.63) is 0 Å². The zero-order valence-corrected chi connectivity index (χ0v) is 14.6. The average molecular weight is 288 g/mol. The van der Waals surface area contributed by atoms with Gasteiger partial charge < -0.3 is 15.4 Å². The Kier molecular flexibility index (Phi) is 21.8. The van der Waals surface area contributed by atoms with Crippen molar-refractivity contribution in [1.82, 2.24) is 10.6 Å². The molecule has 0 aliphatic heterocycles. The Hall–Kier alpha value is -0.900. The summed E-state index contributed by atoms with van der Waals surface area (Å²) in [6.45, 7) is 14.0. The van der Waals surface area contributed by atoms with Crippen molar-refractivity contribution in [2.45, 2.75) is 67.2 Å². The molecule has 0 atom stereocenters. The monoisotopic (exact) mass is 288 g/mol. The molecule has 0 saturated carbocycles. The van der Waals surface area contributed by atoms with Gasteiger partial charge in [-0.15, -0.1) is 0 Å². The van der Waals surface area contributed by atoms with Gasteiger partial charge in [-0.05, 0) is 25.4 Å². The highest BCUT2D eigenvalue weighted by atomic mass is 16.2. The van der Waals surface area contributed by atoms with Gasteiger partial charge in [0.2, 0.25) is 5.91 Å². The molecule has 2 N–H and O–H groups in total. The molecule has 0 bridgehead atoms. The quantitative estimate of drug-likeness (QED) is 0.559. The summed E-state index contributed by atoms with van der Waals surface area (Å²) in [6, 6.07) is 0. The first kappa shape index (κ1) is 24.1. The van der Waals surface area contributed by atoms with Gasteiger partial charge in [0.25, 0.3) is 0 Å². The van der Waals surface area contributed by atoms with E-state index in [-0.39, 0.29) is 12.5 Å². The smallest absolute Gasteiger partial charge is 0.220 e. The van der Waals surface area contributed by atoms with Crippen LogP contribution >= 0.6 is 0 Å². The van der Waals surface area contributed by atoms with Crippen molar-refractivity contribution in [2.75, 3.05) is 20.1 Å². The molecule has 4 heteroatoms. The third kappa shape index (κ3) is 30.3. The minimum absolute atomic E-state index is 0.0226. The van der Waals surface area contributed by atoms with Crippen LogP contribution in [0.15, 0.2) is 0 Å². The number of amides is 1. The summed E-state index contributed by atoms with van der Waals surface area (Å²) in [5, 5.41) is 5.59. The van der Waals surface area contributed by atoms with Gasteiger partial charge in [0.15, 0.2) is 0 Å². The molecular formula is C16H36N2O2. The molecule has 0 heterocycles. The van der Waals surface area contributed by atoms with E-state index >= 15 is 0 Å². The molecule has 0 rings (SSSR count). The van der Waals surface area contributed by atoms with Crippen LogP contribution in [-0.2, 0) is 9.59 Å². The fourth-order valence-electron chi connectivity index (χ4n) is 1.31. The first-order valence-corrected chi connectivity index (χ1v) is 7.72. The molecule has 0 spiro atoms. The van der Waals surface area contributed by atoms with Gasteiger partial charge in [0.1, 0.15) is 6.29 Å². The Labute approximate surface area is 126 Å². The Morgan fingerprint density at radius 1 is 1.15 bits per heavy atom. The van der Waals surface area contributed by atoms with E-state index < -0.39 is 0 Å². The molecule has 122 valence electrons. The predicted molar refractivity (Wildman–Crippen MR) is 87.9 cm³/mol. The average Bonchev–Trinajstić information content (AvgIpc) is 2.38. The summed E-state index contributed by atoms with van der Waals surface area (Å²) >= 11 is 0. The molecule has 0 aliphatic rings. The molecule has 0 aliphatic carbocycles. The fraction of sp³-hybridized carbons (Fsp3) is 0.875. The third-order valence-electron chi connectivity index (χ3n) is 2.10.